The molecule has 27 heavy (non-hydrogen) atoms. The van der Waals surface area contributed by atoms with Gasteiger partial charge in [-0.25, -0.2) is 0 Å². The molecule has 2 saturated heterocycles. The molecule has 0 radical (unpaired) electrons. The van der Waals surface area contributed by atoms with Crippen molar-refractivity contribution >= 4 is 11.9 Å². The van der Waals surface area contributed by atoms with Crippen LogP contribution in [0.4, 0.5) is 26.3 Å². The van der Waals surface area contributed by atoms with Crippen LogP contribution in [0, 0.1) is 11.3 Å². The van der Waals surface area contributed by atoms with Crippen LogP contribution in [0.2, 0.25) is 0 Å². The highest BCUT2D eigenvalue weighted by atomic mass is 19.4. The van der Waals surface area contributed by atoms with Gasteiger partial charge in [-0.3, -0.25) is 9.59 Å². The summed E-state index contributed by atoms with van der Waals surface area (Å²) in [5.41, 5.74) is -5.60. The molecule has 0 bridgehead atoms. The van der Waals surface area contributed by atoms with Gasteiger partial charge in [0.15, 0.2) is 0 Å². The van der Waals surface area contributed by atoms with Crippen LogP contribution in [0.15, 0.2) is 18.2 Å². The standard InChI is InChI=1S/C16H13F6NO4/c17-15(18,19)8-1-2-10(11(3-8)16(20,21)22)12(24)23-4-9-5-27-7-14(9,6-23)13(25)26/h1-3,9H,4-7H2,(H,25,26)/t9-,14-/m1/s1. The van der Waals surface area contributed by atoms with Crippen LogP contribution < -0.4 is 0 Å². The number of carbonyl (C=O) groups excluding carboxylic acids is 1. The molecule has 5 nitrogen and oxygen atoms in total. The van der Waals surface area contributed by atoms with Gasteiger partial charge in [0.05, 0.1) is 29.9 Å². The van der Waals surface area contributed by atoms with Gasteiger partial charge in [0.1, 0.15) is 5.41 Å². The zero-order chi connectivity index (χ0) is 20.2. The third kappa shape index (κ3) is 3.24. The minimum Gasteiger partial charge on any atom is -0.481 e. The van der Waals surface area contributed by atoms with Crippen molar-refractivity contribution in [3.63, 3.8) is 0 Å². The van der Waals surface area contributed by atoms with Gasteiger partial charge >= 0.3 is 18.3 Å². The molecule has 0 saturated carbocycles. The number of ether oxygens (including phenoxy) is 1. The Hall–Kier alpha value is -2.30. The number of hydrogen-bond acceptors (Lipinski definition) is 3. The first-order valence-corrected chi connectivity index (χ1v) is 7.75. The first-order valence-electron chi connectivity index (χ1n) is 7.75. The average molecular weight is 397 g/mol. The molecular formula is C16H13F6NO4. The molecule has 0 aromatic heterocycles. The minimum atomic E-state index is -5.19. The Kier molecular flexibility index (Phi) is 4.41. The minimum absolute atomic E-state index is 0.0369. The molecule has 148 valence electrons. The van der Waals surface area contributed by atoms with Gasteiger partial charge in [-0.15, -0.1) is 0 Å². The van der Waals surface area contributed by atoms with Gasteiger partial charge in [0.2, 0.25) is 0 Å². The molecule has 2 atom stereocenters. The van der Waals surface area contributed by atoms with Crippen molar-refractivity contribution in [2.45, 2.75) is 12.4 Å². The predicted molar refractivity (Wildman–Crippen MR) is 76.7 cm³/mol. The number of halogens is 6. The summed E-state index contributed by atoms with van der Waals surface area (Å²) in [6.07, 6.45) is -10.2. The summed E-state index contributed by atoms with van der Waals surface area (Å²) in [6, 6.07) is 0.766. The zero-order valence-electron chi connectivity index (χ0n) is 13.5. The van der Waals surface area contributed by atoms with Gasteiger partial charge in [-0.05, 0) is 18.2 Å². The van der Waals surface area contributed by atoms with E-state index in [-0.39, 0.29) is 32.4 Å². The topological polar surface area (TPSA) is 66.8 Å². The lowest BCUT2D eigenvalue weighted by Gasteiger charge is -2.23. The number of alkyl halides is 6. The first kappa shape index (κ1) is 19.5. The van der Waals surface area contributed by atoms with E-state index in [9.17, 15) is 41.0 Å². The largest absolute Gasteiger partial charge is 0.481 e. The highest BCUT2D eigenvalue weighted by molar-refractivity contribution is 5.97. The number of hydrogen-bond donors (Lipinski definition) is 1. The maximum absolute atomic E-state index is 13.2. The van der Waals surface area contributed by atoms with Crippen molar-refractivity contribution < 1.29 is 45.8 Å². The van der Waals surface area contributed by atoms with Gasteiger partial charge in [0.25, 0.3) is 5.91 Å². The predicted octanol–water partition coefficient (Wildman–Crippen LogP) is 2.90. The molecule has 2 heterocycles. The monoisotopic (exact) mass is 397 g/mol. The number of carbonyl (C=O) groups is 2. The van der Waals surface area contributed by atoms with Crippen molar-refractivity contribution in [2.75, 3.05) is 26.3 Å². The third-order valence-corrected chi connectivity index (χ3v) is 4.97. The Morgan fingerprint density at radius 2 is 1.81 bits per heavy atom. The maximum Gasteiger partial charge on any atom is 0.417 e. The number of rotatable bonds is 2. The molecule has 11 heteroatoms. The SMILES string of the molecule is O=C(c1ccc(C(F)(F)F)cc1C(F)(F)F)N1C[C@@H]2COC[C@]2(C(=O)O)C1. The van der Waals surface area contributed by atoms with Crippen molar-refractivity contribution in [3.05, 3.63) is 34.9 Å². The van der Waals surface area contributed by atoms with E-state index in [1.165, 1.54) is 0 Å². The molecule has 3 rings (SSSR count). The van der Waals surface area contributed by atoms with Crippen molar-refractivity contribution in [2.24, 2.45) is 11.3 Å². The van der Waals surface area contributed by atoms with Crippen LogP contribution in [-0.2, 0) is 21.9 Å². The Labute approximate surface area is 148 Å². The van der Waals surface area contributed by atoms with Crippen LogP contribution in [0.3, 0.4) is 0 Å². The molecule has 2 aliphatic rings. The van der Waals surface area contributed by atoms with E-state index in [1.807, 2.05) is 0 Å². The summed E-state index contributed by atoms with van der Waals surface area (Å²) in [4.78, 5) is 25.1. The van der Waals surface area contributed by atoms with Gasteiger partial charge < -0.3 is 14.7 Å². The Morgan fingerprint density at radius 3 is 2.33 bits per heavy atom. The lowest BCUT2D eigenvalue weighted by Crippen LogP contribution is -2.40. The third-order valence-electron chi connectivity index (χ3n) is 4.97. The molecule has 2 fully saturated rings. The second kappa shape index (κ2) is 6.11. The van der Waals surface area contributed by atoms with E-state index in [4.69, 9.17) is 4.74 Å². The van der Waals surface area contributed by atoms with E-state index >= 15 is 0 Å². The van der Waals surface area contributed by atoms with Crippen LogP contribution in [-0.4, -0.2) is 48.2 Å². The van der Waals surface area contributed by atoms with E-state index in [1.54, 1.807) is 0 Å². The number of benzene rings is 1. The number of carboxylic acid groups (broad SMARTS) is 1. The average Bonchev–Trinajstić information content (AvgIpc) is 3.10. The molecule has 0 unspecified atom stereocenters. The van der Waals surface area contributed by atoms with Crippen molar-refractivity contribution in [3.8, 4) is 0 Å². The van der Waals surface area contributed by atoms with E-state index in [0.29, 0.717) is 12.1 Å². The van der Waals surface area contributed by atoms with E-state index in [2.05, 4.69) is 0 Å². The molecule has 0 spiro atoms. The van der Waals surface area contributed by atoms with Gasteiger partial charge in [-0.1, -0.05) is 0 Å². The van der Waals surface area contributed by atoms with Crippen LogP contribution in [0.25, 0.3) is 0 Å². The summed E-state index contributed by atoms with van der Waals surface area (Å²) in [5.74, 6) is -2.99. The molecule has 1 aromatic carbocycles. The zero-order valence-corrected chi connectivity index (χ0v) is 13.5. The normalized spacial score (nSPS) is 25.6. The quantitative estimate of drug-likeness (QED) is 0.780. The summed E-state index contributed by atoms with van der Waals surface area (Å²) in [7, 11) is 0. The van der Waals surface area contributed by atoms with Gasteiger partial charge in [-0.2, -0.15) is 26.3 Å². The lowest BCUT2D eigenvalue weighted by molar-refractivity contribution is -0.149. The first-order chi connectivity index (χ1) is 12.4. The number of amides is 1. The van der Waals surface area contributed by atoms with Crippen LogP contribution in [0.5, 0.6) is 0 Å². The number of aliphatic carboxylic acids is 1. The lowest BCUT2D eigenvalue weighted by atomic mass is 9.81. The molecular weight excluding hydrogens is 384 g/mol. The fraction of sp³-hybridized carbons (Fsp3) is 0.500. The number of likely N-dealkylation sites (tertiary alicyclic amines) is 1. The fourth-order valence-corrected chi connectivity index (χ4v) is 3.50. The highest BCUT2D eigenvalue weighted by Crippen LogP contribution is 2.43. The molecule has 1 amide bonds. The Morgan fingerprint density at radius 1 is 1.15 bits per heavy atom. The van der Waals surface area contributed by atoms with E-state index in [0.717, 1.165) is 4.90 Å². The number of carboxylic acids is 1. The van der Waals surface area contributed by atoms with Crippen LogP contribution >= 0.6 is 0 Å². The maximum atomic E-state index is 13.2. The molecule has 1 aromatic rings. The summed E-state index contributed by atoms with van der Waals surface area (Å²) < 4.78 is 83.1. The molecule has 1 N–H and O–H groups in total. The Bertz CT molecular complexity index is 790. The van der Waals surface area contributed by atoms with E-state index < -0.39 is 52.3 Å². The number of fused-ring (bicyclic) bond motifs is 1. The van der Waals surface area contributed by atoms with Crippen molar-refractivity contribution in [1.82, 2.24) is 4.90 Å². The number of nitrogens with zero attached hydrogens (tertiary/aromatic N) is 1. The van der Waals surface area contributed by atoms with Crippen LogP contribution in [0.1, 0.15) is 21.5 Å². The summed E-state index contributed by atoms with van der Waals surface area (Å²) in [6.45, 7) is -0.668. The second-order valence-electron chi connectivity index (χ2n) is 6.61. The Balaban J connectivity index is 1.97. The molecule has 0 aliphatic carbocycles. The highest BCUT2D eigenvalue weighted by Gasteiger charge is 2.57. The van der Waals surface area contributed by atoms with Crippen molar-refractivity contribution in [1.29, 1.82) is 0 Å². The fourth-order valence-electron chi connectivity index (χ4n) is 3.50. The smallest absolute Gasteiger partial charge is 0.417 e. The summed E-state index contributed by atoms with van der Waals surface area (Å²) >= 11 is 0. The second-order valence-corrected chi connectivity index (χ2v) is 6.61. The van der Waals surface area contributed by atoms with Gasteiger partial charge in [0, 0.05) is 19.0 Å². The summed E-state index contributed by atoms with van der Waals surface area (Å²) in [5, 5.41) is 9.43. The molecule has 2 aliphatic heterocycles.